The number of aryl methyl sites for hydroxylation is 1. The maximum atomic E-state index is 5.89. The van der Waals surface area contributed by atoms with Crippen LogP contribution in [0.4, 0.5) is 0 Å². The van der Waals surface area contributed by atoms with Crippen molar-refractivity contribution in [1.82, 2.24) is 14.9 Å². The van der Waals surface area contributed by atoms with Crippen LogP contribution in [0.1, 0.15) is 31.9 Å². The third-order valence-electron chi connectivity index (χ3n) is 2.98. The second-order valence-corrected chi connectivity index (χ2v) is 4.36. The normalized spacial score (nSPS) is 21.2. The van der Waals surface area contributed by atoms with E-state index in [1.807, 2.05) is 12.5 Å². The van der Waals surface area contributed by atoms with Gasteiger partial charge in [0.1, 0.15) is 0 Å². The summed E-state index contributed by atoms with van der Waals surface area (Å²) in [5.41, 5.74) is 1.19. The lowest BCUT2D eigenvalue weighted by Crippen LogP contribution is -2.35. The average Bonchev–Trinajstić information content (AvgIpc) is 2.76. The summed E-state index contributed by atoms with van der Waals surface area (Å²) < 4.78 is 8.07. The summed E-state index contributed by atoms with van der Waals surface area (Å²) >= 11 is 0. The third-order valence-corrected chi connectivity index (χ3v) is 2.98. The first kappa shape index (κ1) is 11.6. The van der Waals surface area contributed by atoms with Gasteiger partial charge in [0.05, 0.1) is 30.9 Å². The van der Waals surface area contributed by atoms with Gasteiger partial charge in [0.15, 0.2) is 0 Å². The fourth-order valence-electron chi connectivity index (χ4n) is 2.08. The maximum absolute atomic E-state index is 5.89. The van der Waals surface area contributed by atoms with E-state index in [0.717, 1.165) is 26.1 Å². The first-order chi connectivity index (χ1) is 7.90. The van der Waals surface area contributed by atoms with Gasteiger partial charge in [0.25, 0.3) is 0 Å². The Morgan fingerprint density at radius 1 is 1.62 bits per heavy atom. The Morgan fingerprint density at radius 2 is 2.56 bits per heavy atom. The lowest BCUT2D eigenvalue weighted by atomic mass is 10.1. The summed E-state index contributed by atoms with van der Waals surface area (Å²) in [5, 5.41) is 3.36. The Kier molecular flexibility index (Phi) is 4.36. The fraction of sp³-hybridized carbons (Fsp3) is 0.750. The molecule has 1 aliphatic heterocycles. The van der Waals surface area contributed by atoms with Crippen molar-refractivity contribution in [1.29, 1.82) is 0 Å². The van der Waals surface area contributed by atoms with Crippen molar-refractivity contribution in [2.75, 3.05) is 13.1 Å². The number of aromatic nitrogens is 2. The molecule has 1 aromatic rings. The molecule has 0 bridgehead atoms. The Bertz CT molecular complexity index is 305. The number of nitrogens with zero attached hydrogens (tertiary/aromatic N) is 2. The molecule has 0 aromatic carbocycles. The van der Waals surface area contributed by atoms with E-state index in [1.54, 1.807) is 0 Å². The Hall–Kier alpha value is -0.870. The molecule has 0 saturated carbocycles. The van der Waals surface area contributed by atoms with Crippen LogP contribution in [0.3, 0.4) is 0 Å². The van der Waals surface area contributed by atoms with Crippen LogP contribution in [0.2, 0.25) is 0 Å². The molecule has 4 nitrogen and oxygen atoms in total. The quantitative estimate of drug-likeness (QED) is 0.823. The Balaban J connectivity index is 1.81. The zero-order valence-corrected chi connectivity index (χ0v) is 9.98. The largest absolute Gasteiger partial charge is 0.371 e. The van der Waals surface area contributed by atoms with E-state index in [-0.39, 0.29) is 0 Å². The van der Waals surface area contributed by atoms with Crippen molar-refractivity contribution in [3.05, 3.63) is 18.2 Å². The summed E-state index contributed by atoms with van der Waals surface area (Å²) in [4.78, 5) is 4.17. The molecule has 1 saturated heterocycles. The van der Waals surface area contributed by atoms with E-state index in [9.17, 15) is 0 Å². The monoisotopic (exact) mass is 223 g/mol. The minimum Gasteiger partial charge on any atom is -0.371 e. The molecule has 2 heterocycles. The fourth-order valence-corrected chi connectivity index (χ4v) is 2.08. The van der Waals surface area contributed by atoms with Crippen LogP contribution < -0.4 is 5.32 Å². The minimum absolute atomic E-state index is 0.374. The van der Waals surface area contributed by atoms with E-state index in [4.69, 9.17) is 4.74 Å². The highest BCUT2D eigenvalue weighted by atomic mass is 16.5. The smallest absolute Gasteiger partial charge is 0.0948 e. The van der Waals surface area contributed by atoms with Gasteiger partial charge >= 0.3 is 0 Å². The molecule has 0 unspecified atom stereocenters. The molecule has 1 aromatic heterocycles. The van der Waals surface area contributed by atoms with Crippen LogP contribution >= 0.6 is 0 Å². The van der Waals surface area contributed by atoms with E-state index < -0.39 is 0 Å². The van der Waals surface area contributed by atoms with Gasteiger partial charge in [0.2, 0.25) is 0 Å². The van der Waals surface area contributed by atoms with Crippen LogP contribution in [-0.2, 0) is 17.9 Å². The Morgan fingerprint density at radius 3 is 3.31 bits per heavy atom. The summed E-state index contributed by atoms with van der Waals surface area (Å²) in [5.74, 6) is 0. The topological polar surface area (TPSA) is 39.1 Å². The van der Waals surface area contributed by atoms with E-state index in [2.05, 4.69) is 21.8 Å². The molecule has 2 rings (SSSR count). The second-order valence-electron chi connectivity index (χ2n) is 4.36. The zero-order chi connectivity index (χ0) is 11.2. The number of hydrogen-bond donors (Lipinski definition) is 1. The van der Waals surface area contributed by atoms with Gasteiger partial charge in [-0.1, -0.05) is 6.92 Å². The lowest BCUT2D eigenvalue weighted by Gasteiger charge is -2.23. The highest BCUT2D eigenvalue weighted by Gasteiger charge is 2.13. The van der Waals surface area contributed by atoms with Crippen LogP contribution in [-0.4, -0.2) is 28.7 Å². The summed E-state index contributed by atoms with van der Waals surface area (Å²) in [6.45, 7) is 6.01. The van der Waals surface area contributed by atoms with Gasteiger partial charge in [-0.05, 0) is 25.8 Å². The minimum atomic E-state index is 0.374. The molecule has 1 N–H and O–H groups in total. The van der Waals surface area contributed by atoms with Crippen molar-refractivity contribution < 1.29 is 4.74 Å². The molecule has 1 fully saturated rings. The summed E-state index contributed by atoms with van der Waals surface area (Å²) in [7, 11) is 0. The zero-order valence-electron chi connectivity index (χ0n) is 9.98. The number of hydrogen-bond acceptors (Lipinski definition) is 3. The van der Waals surface area contributed by atoms with Crippen LogP contribution in [0, 0.1) is 0 Å². The van der Waals surface area contributed by atoms with Crippen molar-refractivity contribution in [3.8, 4) is 0 Å². The molecule has 1 atom stereocenters. The maximum Gasteiger partial charge on any atom is 0.0948 e. The van der Waals surface area contributed by atoms with Crippen molar-refractivity contribution >= 4 is 0 Å². The Labute approximate surface area is 97.0 Å². The average molecular weight is 223 g/mol. The number of nitrogens with one attached hydrogen (secondary N) is 1. The van der Waals surface area contributed by atoms with Crippen LogP contribution in [0.5, 0.6) is 0 Å². The molecule has 4 heteroatoms. The standard InChI is InChI=1S/C12H21N3O/c1-2-6-15-10-14-7-11(15)9-16-12-4-3-5-13-8-12/h7,10,12-13H,2-6,8-9H2,1H3/t12-/m0/s1. The highest BCUT2D eigenvalue weighted by Crippen LogP contribution is 2.10. The molecule has 0 radical (unpaired) electrons. The number of rotatable bonds is 5. The predicted molar refractivity (Wildman–Crippen MR) is 63.2 cm³/mol. The van der Waals surface area contributed by atoms with E-state index in [0.29, 0.717) is 12.7 Å². The van der Waals surface area contributed by atoms with Gasteiger partial charge < -0.3 is 14.6 Å². The molecule has 16 heavy (non-hydrogen) atoms. The van der Waals surface area contributed by atoms with Gasteiger partial charge in [-0.25, -0.2) is 4.98 Å². The number of ether oxygens (including phenoxy) is 1. The lowest BCUT2D eigenvalue weighted by molar-refractivity contribution is 0.0222. The van der Waals surface area contributed by atoms with Crippen LogP contribution in [0.25, 0.3) is 0 Å². The molecule has 1 aliphatic rings. The van der Waals surface area contributed by atoms with Crippen molar-refractivity contribution in [3.63, 3.8) is 0 Å². The van der Waals surface area contributed by atoms with Gasteiger partial charge in [-0.15, -0.1) is 0 Å². The summed E-state index contributed by atoms with van der Waals surface area (Å²) in [6.07, 6.45) is 7.70. The van der Waals surface area contributed by atoms with Crippen molar-refractivity contribution in [2.45, 2.75) is 45.4 Å². The molecule has 0 aliphatic carbocycles. The second kappa shape index (κ2) is 6.01. The molecular weight excluding hydrogens is 202 g/mol. The third kappa shape index (κ3) is 3.06. The number of imidazole rings is 1. The van der Waals surface area contributed by atoms with Crippen LogP contribution in [0.15, 0.2) is 12.5 Å². The van der Waals surface area contributed by atoms with Gasteiger partial charge in [-0.2, -0.15) is 0 Å². The first-order valence-corrected chi connectivity index (χ1v) is 6.21. The van der Waals surface area contributed by atoms with E-state index in [1.165, 1.54) is 18.5 Å². The van der Waals surface area contributed by atoms with Gasteiger partial charge in [-0.3, -0.25) is 0 Å². The molecule has 0 spiro atoms. The first-order valence-electron chi connectivity index (χ1n) is 6.21. The molecular formula is C12H21N3O. The number of piperidine rings is 1. The molecule has 0 amide bonds. The SMILES string of the molecule is CCCn1cncc1CO[C@H]1CCCNC1. The van der Waals surface area contributed by atoms with Gasteiger partial charge in [0, 0.05) is 13.1 Å². The summed E-state index contributed by atoms with van der Waals surface area (Å²) in [6, 6.07) is 0. The predicted octanol–water partition coefficient (Wildman–Crippen LogP) is 1.56. The highest BCUT2D eigenvalue weighted by molar-refractivity contribution is 4.96. The molecule has 90 valence electrons. The van der Waals surface area contributed by atoms with E-state index >= 15 is 0 Å². The van der Waals surface area contributed by atoms with Crippen molar-refractivity contribution in [2.24, 2.45) is 0 Å².